The second-order valence-electron chi connectivity index (χ2n) is 6.97. The third-order valence-corrected chi connectivity index (χ3v) is 4.41. The number of allylic oxidation sites excluding steroid dienone is 1. The molecule has 194 valence electrons. The van der Waals surface area contributed by atoms with Crippen LogP contribution in [0.3, 0.4) is 0 Å². The zero-order valence-corrected chi connectivity index (χ0v) is 20.8. The average Bonchev–Trinajstić information content (AvgIpc) is 2.81. The first-order valence-corrected chi connectivity index (χ1v) is 12.3. The Morgan fingerprint density at radius 1 is 0.727 bits per heavy atom. The Hall–Kier alpha value is -1.39. The zero-order chi connectivity index (χ0) is 24.2. The van der Waals surface area contributed by atoms with E-state index < -0.39 is 6.09 Å². The van der Waals surface area contributed by atoms with Gasteiger partial charge in [0.1, 0.15) is 13.2 Å². The van der Waals surface area contributed by atoms with Crippen molar-refractivity contribution in [3.63, 3.8) is 0 Å². The van der Waals surface area contributed by atoms with Gasteiger partial charge in [-0.2, -0.15) is 0 Å². The summed E-state index contributed by atoms with van der Waals surface area (Å²) < 4.78 is 31.5. The first kappa shape index (κ1) is 31.6. The molecule has 1 N–H and O–H groups in total. The molecule has 0 aliphatic carbocycles. The molecule has 10 heteroatoms. The number of carbonyl (C=O) groups excluding carboxylic acids is 2. The van der Waals surface area contributed by atoms with E-state index in [1.54, 1.807) is 12.2 Å². The Kier molecular flexibility index (Phi) is 25.7. The van der Waals surface area contributed by atoms with Gasteiger partial charge in [0.2, 0.25) is 0 Å². The SMILES string of the molecule is C/C=C/COC(=O)NCCOCCOCCOC(=O)CCCOCCOCCCCCCCl. The molecule has 0 rings (SSSR count). The van der Waals surface area contributed by atoms with Gasteiger partial charge in [-0.1, -0.05) is 25.0 Å². The molecule has 0 bridgehead atoms. The van der Waals surface area contributed by atoms with Gasteiger partial charge in [0.15, 0.2) is 0 Å². The number of ether oxygens (including phenoxy) is 6. The maximum absolute atomic E-state index is 11.6. The average molecular weight is 496 g/mol. The molecule has 0 aromatic carbocycles. The van der Waals surface area contributed by atoms with E-state index in [-0.39, 0.29) is 19.2 Å². The predicted molar refractivity (Wildman–Crippen MR) is 127 cm³/mol. The minimum absolute atomic E-state index is 0.206. The first-order valence-electron chi connectivity index (χ1n) is 11.7. The maximum atomic E-state index is 11.6. The summed E-state index contributed by atoms with van der Waals surface area (Å²) in [6.07, 6.45) is 8.40. The van der Waals surface area contributed by atoms with Gasteiger partial charge in [0.25, 0.3) is 0 Å². The summed E-state index contributed by atoms with van der Waals surface area (Å²) in [5, 5.41) is 2.57. The highest BCUT2D eigenvalue weighted by molar-refractivity contribution is 6.17. The van der Waals surface area contributed by atoms with Gasteiger partial charge in [-0.25, -0.2) is 4.79 Å². The van der Waals surface area contributed by atoms with Gasteiger partial charge in [-0.05, 0) is 26.2 Å². The van der Waals surface area contributed by atoms with Crippen LogP contribution in [0.4, 0.5) is 4.79 Å². The van der Waals surface area contributed by atoms with E-state index in [9.17, 15) is 9.59 Å². The Morgan fingerprint density at radius 2 is 1.33 bits per heavy atom. The van der Waals surface area contributed by atoms with Crippen LogP contribution in [-0.4, -0.2) is 90.6 Å². The van der Waals surface area contributed by atoms with Gasteiger partial charge in [-0.15, -0.1) is 11.6 Å². The number of esters is 1. The fourth-order valence-electron chi connectivity index (χ4n) is 2.40. The highest BCUT2D eigenvalue weighted by Crippen LogP contribution is 2.01. The summed E-state index contributed by atoms with van der Waals surface area (Å²) in [7, 11) is 0. The largest absolute Gasteiger partial charge is 0.463 e. The molecule has 1 amide bonds. The Morgan fingerprint density at radius 3 is 2.03 bits per heavy atom. The third kappa shape index (κ3) is 26.7. The van der Waals surface area contributed by atoms with Crippen LogP contribution in [0, 0.1) is 0 Å². The summed E-state index contributed by atoms with van der Waals surface area (Å²) in [4.78, 5) is 22.9. The Balaban J connectivity index is 3.22. The van der Waals surface area contributed by atoms with Gasteiger partial charge in [0, 0.05) is 32.1 Å². The number of amides is 1. The molecular formula is C23H42ClNO8. The summed E-state index contributed by atoms with van der Waals surface area (Å²) in [6.45, 7) is 6.46. The minimum atomic E-state index is -0.476. The van der Waals surface area contributed by atoms with Crippen molar-refractivity contribution >= 4 is 23.7 Å². The molecule has 0 aromatic heterocycles. The van der Waals surface area contributed by atoms with E-state index >= 15 is 0 Å². The van der Waals surface area contributed by atoms with Crippen LogP contribution in [0.5, 0.6) is 0 Å². The molecule has 0 saturated carbocycles. The molecule has 0 heterocycles. The van der Waals surface area contributed by atoms with Crippen molar-refractivity contribution in [2.45, 2.75) is 45.4 Å². The smallest absolute Gasteiger partial charge is 0.407 e. The van der Waals surface area contributed by atoms with Crippen LogP contribution in [0.15, 0.2) is 12.2 Å². The van der Waals surface area contributed by atoms with Crippen molar-refractivity contribution in [3.8, 4) is 0 Å². The molecule has 0 atom stereocenters. The van der Waals surface area contributed by atoms with E-state index in [2.05, 4.69) is 5.32 Å². The lowest BCUT2D eigenvalue weighted by molar-refractivity contribution is -0.145. The Labute approximate surface area is 203 Å². The van der Waals surface area contributed by atoms with E-state index in [1.807, 2.05) is 6.92 Å². The number of rotatable bonds is 24. The molecule has 0 aliphatic rings. The lowest BCUT2D eigenvalue weighted by Crippen LogP contribution is -2.28. The van der Waals surface area contributed by atoms with Crippen molar-refractivity contribution < 1.29 is 38.0 Å². The van der Waals surface area contributed by atoms with Gasteiger partial charge in [-0.3, -0.25) is 4.79 Å². The lowest BCUT2D eigenvalue weighted by Gasteiger charge is -2.08. The minimum Gasteiger partial charge on any atom is -0.463 e. The van der Waals surface area contributed by atoms with Crippen LogP contribution in [0.2, 0.25) is 0 Å². The highest BCUT2D eigenvalue weighted by atomic mass is 35.5. The summed E-state index contributed by atoms with van der Waals surface area (Å²) >= 11 is 5.62. The number of carbonyl (C=O) groups is 2. The number of hydrogen-bond donors (Lipinski definition) is 1. The Bertz CT molecular complexity index is 479. The van der Waals surface area contributed by atoms with Crippen molar-refractivity contribution in [3.05, 3.63) is 12.2 Å². The molecule has 0 aliphatic heterocycles. The number of unbranched alkanes of at least 4 members (excludes halogenated alkanes) is 3. The third-order valence-electron chi connectivity index (χ3n) is 4.14. The second-order valence-corrected chi connectivity index (χ2v) is 7.35. The molecule has 0 fully saturated rings. The van der Waals surface area contributed by atoms with E-state index in [4.69, 9.17) is 40.0 Å². The molecule has 0 saturated heterocycles. The number of nitrogens with one attached hydrogen (secondary N) is 1. The number of alkyl carbamates (subject to hydrolysis) is 1. The second kappa shape index (κ2) is 26.9. The van der Waals surface area contributed by atoms with Crippen molar-refractivity contribution in [1.82, 2.24) is 5.32 Å². The molecular weight excluding hydrogens is 454 g/mol. The molecule has 0 unspecified atom stereocenters. The molecule has 0 spiro atoms. The van der Waals surface area contributed by atoms with Crippen molar-refractivity contribution in [2.75, 3.05) is 78.5 Å². The molecule has 33 heavy (non-hydrogen) atoms. The standard InChI is InChI=1S/C23H42ClNO8/c1-2-3-14-33-23(27)25-11-15-30-18-19-31-20-21-32-22(26)9-8-13-29-17-16-28-12-7-5-4-6-10-24/h2-3H,4-21H2,1H3,(H,25,27)/b3-2+. The number of hydrogen-bond acceptors (Lipinski definition) is 8. The summed E-state index contributed by atoms with van der Waals surface area (Å²) in [5.74, 6) is 0.462. The normalized spacial score (nSPS) is 11.1. The van der Waals surface area contributed by atoms with E-state index in [0.29, 0.717) is 65.6 Å². The van der Waals surface area contributed by atoms with Crippen LogP contribution in [-0.2, 0) is 33.2 Å². The zero-order valence-electron chi connectivity index (χ0n) is 20.0. The van der Waals surface area contributed by atoms with Gasteiger partial charge < -0.3 is 33.7 Å². The highest BCUT2D eigenvalue weighted by Gasteiger charge is 2.03. The van der Waals surface area contributed by atoms with Gasteiger partial charge in [0.05, 0.1) is 39.6 Å². The topological polar surface area (TPSA) is 102 Å². The van der Waals surface area contributed by atoms with Gasteiger partial charge >= 0.3 is 12.1 Å². The van der Waals surface area contributed by atoms with Crippen LogP contribution >= 0.6 is 11.6 Å². The maximum Gasteiger partial charge on any atom is 0.407 e. The van der Waals surface area contributed by atoms with E-state index in [1.165, 1.54) is 0 Å². The lowest BCUT2D eigenvalue weighted by atomic mass is 10.2. The molecule has 0 radical (unpaired) electrons. The van der Waals surface area contributed by atoms with Crippen LogP contribution in [0.25, 0.3) is 0 Å². The first-order chi connectivity index (χ1) is 16.2. The van der Waals surface area contributed by atoms with Crippen LogP contribution < -0.4 is 5.32 Å². The van der Waals surface area contributed by atoms with E-state index in [0.717, 1.165) is 38.2 Å². The fraction of sp³-hybridized carbons (Fsp3) is 0.826. The summed E-state index contributed by atoms with van der Waals surface area (Å²) in [6, 6.07) is 0. The summed E-state index contributed by atoms with van der Waals surface area (Å²) in [5.41, 5.74) is 0. The molecule has 9 nitrogen and oxygen atoms in total. The fourth-order valence-corrected chi connectivity index (χ4v) is 2.59. The number of halogens is 1. The van der Waals surface area contributed by atoms with Crippen molar-refractivity contribution in [1.29, 1.82) is 0 Å². The number of alkyl halides is 1. The predicted octanol–water partition coefficient (Wildman–Crippen LogP) is 3.48. The monoisotopic (exact) mass is 495 g/mol. The van der Waals surface area contributed by atoms with Crippen molar-refractivity contribution in [2.24, 2.45) is 0 Å². The van der Waals surface area contributed by atoms with Crippen LogP contribution in [0.1, 0.15) is 45.4 Å². The molecule has 0 aromatic rings. The quantitative estimate of drug-likeness (QED) is 0.0939.